The largest absolute Gasteiger partial charge is 0.379 e. The van der Waals surface area contributed by atoms with Crippen LogP contribution in [-0.4, -0.2) is 87.0 Å². The number of hydrogen-bond donors (Lipinski definition) is 2. The molecule has 1 unspecified atom stereocenters. The van der Waals surface area contributed by atoms with Gasteiger partial charge in [0.25, 0.3) is 0 Å². The van der Waals surface area contributed by atoms with Crippen LogP contribution in [0.2, 0.25) is 0 Å². The van der Waals surface area contributed by atoms with Crippen LogP contribution >= 0.6 is 0 Å². The molecule has 0 spiro atoms. The minimum Gasteiger partial charge on any atom is -0.379 e. The summed E-state index contributed by atoms with van der Waals surface area (Å²) in [4.78, 5) is 16.5. The molecule has 12 heteroatoms. The molecule has 0 bridgehead atoms. The number of aromatic nitrogens is 1. The number of ether oxygens (including phenoxy) is 1. The molecule has 0 amide bonds. The van der Waals surface area contributed by atoms with Gasteiger partial charge in [0, 0.05) is 44.3 Å². The van der Waals surface area contributed by atoms with Gasteiger partial charge < -0.3 is 10.1 Å². The Kier molecular flexibility index (Phi) is 15.8. The first-order chi connectivity index (χ1) is 18.5. The van der Waals surface area contributed by atoms with E-state index in [1.54, 1.807) is 24.5 Å². The normalized spacial score (nSPS) is 15.8. The maximum absolute atomic E-state index is 13.2. The topological polar surface area (TPSA) is 132 Å². The fourth-order valence-corrected chi connectivity index (χ4v) is 5.47. The Labute approximate surface area is 228 Å². The van der Waals surface area contributed by atoms with Crippen molar-refractivity contribution in [3.63, 3.8) is 0 Å². The Balaban J connectivity index is 1.79. The molecule has 0 radical (unpaired) electrons. The molecule has 0 aromatic carbocycles. The van der Waals surface area contributed by atoms with Gasteiger partial charge in [0.15, 0.2) is 6.19 Å². The second-order valence-corrected chi connectivity index (χ2v) is 11.4. The van der Waals surface area contributed by atoms with Crippen molar-refractivity contribution in [2.45, 2.75) is 58.8 Å². The number of nitrogens with zero attached hydrogens (tertiary/aromatic N) is 5. The molecule has 1 saturated heterocycles. The number of nitriles is 1. The molecule has 38 heavy (non-hydrogen) atoms. The average Bonchev–Trinajstić information content (AvgIpc) is 2.92. The van der Waals surface area contributed by atoms with E-state index in [2.05, 4.69) is 39.4 Å². The first-order valence-electron chi connectivity index (χ1n) is 13.8. The molecule has 2 heterocycles. The summed E-state index contributed by atoms with van der Waals surface area (Å²) in [6.45, 7) is 9.17. The summed E-state index contributed by atoms with van der Waals surface area (Å²) in [5, 5.41) is 14.6. The lowest BCUT2D eigenvalue weighted by Crippen LogP contribution is -2.44. The molecule has 1 fully saturated rings. The summed E-state index contributed by atoms with van der Waals surface area (Å²) < 4.78 is 33.0. The predicted octanol–water partition coefficient (Wildman–Crippen LogP) is 3.20. The maximum Gasteiger partial charge on any atom is 0.236 e. The quantitative estimate of drug-likeness (QED) is 0.0705. The van der Waals surface area contributed by atoms with E-state index in [4.69, 9.17) is 14.8 Å². The van der Waals surface area contributed by atoms with Crippen molar-refractivity contribution in [2.24, 2.45) is 10.9 Å². The molecule has 214 valence electrons. The van der Waals surface area contributed by atoms with E-state index in [1.165, 1.54) is 4.47 Å². The van der Waals surface area contributed by atoms with Crippen molar-refractivity contribution in [1.29, 1.82) is 5.26 Å². The molecular formula is C26H45N7O4S. The van der Waals surface area contributed by atoms with Crippen molar-refractivity contribution in [1.82, 2.24) is 19.7 Å². The predicted molar refractivity (Wildman–Crippen MR) is 150 cm³/mol. The SMILES string of the molecule is CCCC(CC)CON(CCN1CCOCC1)S(=O)(=O)CCCCCCN=C(NC#N)Nc1ccncc1. The number of nitrogens with one attached hydrogen (secondary N) is 2. The van der Waals surface area contributed by atoms with Gasteiger partial charge in [-0.15, -0.1) is 0 Å². The minimum absolute atomic E-state index is 0.0643. The summed E-state index contributed by atoms with van der Waals surface area (Å²) in [5.74, 6) is 0.798. The molecule has 0 aliphatic carbocycles. The summed E-state index contributed by atoms with van der Waals surface area (Å²) >= 11 is 0. The van der Waals surface area contributed by atoms with Crippen LogP contribution in [0.4, 0.5) is 5.69 Å². The Morgan fingerprint density at radius 1 is 1.24 bits per heavy atom. The van der Waals surface area contributed by atoms with Crippen molar-refractivity contribution in [3.8, 4) is 6.19 Å². The van der Waals surface area contributed by atoms with Crippen molar-refractivity contribution in [2.75, 3.05) is 63.6 Å². The zero-order chi connectivity index (χ0) is 27.5. The molecule has 1 atom stereocenters. The zero-order valence-corrected chi connectivity index (χ0v) is 23.8. The first-order valence-corrected chi connectivity index (χ1v) is 15.4. The van der Waals surface area contributed by atoms with E-state index in [-0.39, 0.29) is 5.75 Å². The van der Waals surface area contributed by atoms with Gasteiger partial charge in [0.1, 0.15) is 0 Å². The number of guanidine groups is 1. The first kappa shape index (κ1) is 31.9. The minimum atomic E-state index is -3.53. The second kappa shape index (κ2) is 18.9. The van der Waals surface area contributed by atoms with Crippen LogP contribution in [0.3, 0.4) is 0 Å². The third-order valence-electron chi connectivity index (χ3n) is 6.44. The van der Waals surface area contributed by atoms with Gasteiger partial charge in [-0.1, -0.05) is 44.0 Å². The van der Waals surface area contributed by atoms with Gasteiger partial charge in [-0.2, -0.15) is 5.26 Å². The molecule has 1 aromatic heterocycles. The molecule has 11 nitrogen and oxygen atoms in total. The second-order valence-electron chi connectivity index (χ2n) is 9.40. The number of hydrogen-bond acceptors (Lipinski definition) is 8. The third kappa shape index (κ3) is 13.0. The van der Waals surface area contributed by atoms with Crippen molar-refractivity contribution >= 4 is 21.7 Å². The standard InChI is InChI=1S/C26H45N7O4S/c1-3-9-24(4-2)22-37-33(16-15-32-17-19-36-20-18-32)38(34,35)21-8-6-5-7-12-29-26(30-23-27)31-25-10-13-28-14-11-25/h10-11,13-14,24H,3-9,12,15-22H2,1-2H3,(H2,28,29,30,31). The van der Waals surface area contributed by atoms with E-state index in [0.29, 0.717) is 57.8 Å². The number of aliphatic imine (C=N–C) groups is 1. The Morgan fingerprint density at radius 3 is 2.66 bits per heavy atom. The van der Waals surface area contributed by atoms with E-state index in [9.17, 15) is 8.42 Å². The lowest BCUT2D eigenvalue weighted by molar-refractivity contribution is -0.105. The number of unbranched alkanes of at least 4 members (excludes halogenated alkanes) is 3. The van der Waals surface area contributed by atoms with E-state index >= 15 is 0 Å². The highest BCUT2D eigenvalue weighted by Crippen LogP contribution is 2.15. The van der Waals surface area contributed by atoms with Crippen LogP contribution < -0.4 is 10.6 Å². The van der Waals surface area contributed by atoms with Gasteiger partial charge in [0.2, 0.25) is 16.0 Å². The number of hydroxylamine groups is 1. The molecule has 1 aliphatic rings. The summed E-state index contributed by atoms with van der Waals surface area (Å²) in [6, 6.07) is 3.57. The van der Waals surface area contributed by atoms with E-state index in [1.807, 2.05) is 6.19 Å². The maximum atomic E-state index is 13.2. The fourth-order valence-electron chi connectivity index (χ4n) is 4.11. The summed E-state index contributed by atoms with van der Waals surface area (Å²) in [7, 11) is -3.53. The van der Waals surface area contributed by atoms with Crippen LogP contribution in [0, 0.1) is 17.4 Å². The number of rotatable bonds is 18. The van der Waals surface area contributed by atoms with Crippen LogP contribution in [0.25, 0.3) is 0 Å². The van der Waals surface area contributed by atoms with Crippen LogP contribution in [-0.2, 0) is 19.6 Å². The van der Waals surface area contributed by atoms with Crippen molar-refractivity contribution in [3.05, 3.63) is 24.5 Å². The Bertz CT molecular complexity index is 926. The van der Waals surface area contributed by atoms with E-state index in [0.717, 1.165) is 57.3 Å². The van der Waals surface area contributed by atoms with Gasteiger partial charge in [-0.05, 0) is 37.3 Å². The highest BCUT2D eigenvalue weighted by molar-refractivity contribution is 7.88. The van der Waals surface area contributed by atoms with Crippen LogP contribution in [0.5, 0.6) is 0 Å². The van der Waals surface area contributed by atoms with Crippen molar-refractivity contribution < 1.29 is 18.0 Å². The van der Waals surface area contributed by atoms with Gasteiger partial charge in [-0.25, -0.2) is 8.42 Å². The van der Waals surface area contributed by atoms with Gasteiger partial charge >= 0.3 is 0 Å². The number of anilines is 1. The average molecular weight is 552 g/mol. The van der Waals surface area contributed by atoms with Gasteiger partial charge in [-0.3, -0.25) is 25.0 Å². The van der Waals surface area contributed by atoms with E-state index < -0.39 is 10.0 Å². The summed E-state index contributed by atoms with van der Waals surface area (Å²) in [6.07, 6.45) is 11.2. The monoisotopic (exact) mass is 551 g/mol. The number of pyridine rings is 1. The van der Waals surface area contributed by atoms with Gasteiger partial charge in [0.05, 0.1) is 32.1 Å². The smallest absolute Gasteiger partial charge is 0.236 e. The fraction of sp³-hybridized carbons (Fsp3) is 0.731. The highest BCUT2D eigenvalue weighted by atomic mass is 32.2. The summed E-state index contributed by atoms with van der Waals surface area (Å²) in [5.41, 5.74) is 0.784. The lowest BCUT2D eigenvalue weighted by Gasteiger charge is -2.30. The zero-order valence-electron chi connectivity index (χ0n) is 23.0. The molecule has 1 aliphatic heterocycles. The Hall–Kier alpha value is -2.30. The number of sulfonamides is 1. The molecule has 0 saturated carbocycles. The molecule has 2 rings (SSSR count). The highest BCUT2D eigenvalue weighted by Gasteiger charge is 2.25. The van der Waals surface area contributed by atoms with Crippen LogP contribution in [0.15, 0.2) is 29.5 Å². The Morgan fingerprint density at radius 2 is 1.97 bits per heavy atom. The molecule has 2 N–H and O–H groups in total. The number of morpholine rings is 1. The molecular weight excluding hydrogens is 506 g/mol. The van der Waals surface area contributed by atoms with Crippen LogP contribution in [0.1, 0.15) is 58.8 Å². The lowest BCUT2D eigenvalue weighted by atomic mass is 10.0. The molecule has 1 aromatic rings. The third-order valence-corrected chi connectivity index (χ3v) is 8.15.